The third-order valence-corrected chi connectivity index (χ3v) is 3.70. The zero-order chi connectivity index (χ0) is 9.42. The predicted molar refractivity (Wildman–Crippen MR) is 59.2 cm³/mol. The van der Waals surface area contributed by atoms with Crippen molar-refractivity contribution in [1.29, 1.82) is 0 Å². The highest BCUT2D eigenvalue weighted by Gasteiger charge is 2.08. The lowest BCUT2D eigenvalue weighted by Crippen LogP contribution is -1.89. The molecule has 2 aromatic rings. The Labute approximate surface area is 93.3 Å². The van der Waals surface area contributed by atoms with E-state index in [2.05, 4.69) is 20.9 Å². The second kappa shape index (κ2) is 3.44. The Balaban J connectivity index is 2.52. The largest absolute Gasteiger partial charge is 0.318 e. The fourth-order valence-corrected chi connectivity index (χ4v) is 2.60. The quantitative estimate of drug-likeness (QED) is 0.779. The van der Waals surface area contributed by atoms with E-state index in [1.165, 1.54) is 0 Å². The summed E-state index contributed by atoms with van der Waals surface area (Å²) in [4.78, 5) is 5.33. The van der Waals surface area contributed by atoms with Crippen molar-refractivity contribution < 1.29 is 0 Å². The van der Waals surface area contributed by atoms with Crippen LogP contribution in [0, 0.1) is 0 Å². The first-order valence-electron chi connectivity index (χ1n) is 3.61. The average molecular weight is 278 g/mol. The summed E-state index contributed by atoms with van der Waals surface area (Å²) in [5.74, 6) is 0.903. The molecule has 2 aromatic heterocycles. The Kier molecular flexibility index (Phi) is 2.45. The first-order chi connectivity index (χ1) is 6.18. The van der Waals surface area contributed by atoms with Gasteiger partial charge in [0.1, 0.15) is 5.15 Å². The molecule has 0 aliphatic heterocycles. The number of nitrogens with zero attached hydrogens (tertiary/aromatic N) is 2. The van der Waals surface area contributed by atoms with Gasteiger partial charge in [-0.25, -0.2) is 4.98 Å². The molecule has 5 heteroatoms. The molecule has 68 valence electrons. The fourth-order valence-electron chi connectivity index (χ4n) is 1.05. The van der Waals surface area contributed by atoms with E-state index in [0.29, 0.717) is 5.15 Å². The third-order valence-electron chi connectivity index (χ3n) is 1.73. The van der Waals surface area contributed by atoms with E-state index in [0.717, 1.165) is 14.5 Å². The molecule has 0 atom stereocenters. The van der Waals surface area contributed by atoms with Crippen molar-refractivity contribution in [3.63, 3.8) is 0 Å². The van der Waals surface area contributed by atoms with Crippen molar-refractivity contribution in [2.24, 2.45) is 7.05 Å². The van der Waals surface area contributed by atoms with Gasteiger partial charge in [-0.3, -0.25) is 0 Å². The number of aromatic nitrogens is 2. The summed E-state index contributed by atoms with van der Waals surface area (Å²) >= 11 is 10.9. The maximum atomic E-state index is 5.88. The van der Waals surface area contributed by atoms with E-state index < -0.39 is 0 Å². The Morgan fingerprint density at radius 2 is 2.31 bits per heavy atom. The van der Waals surface area contributed by atoms with Crippen molar-refractivity contribution >= 4 is 38.9 Å². The zero-order valence-electron chi connectivity index (χ0n) is 6.79. The summed E-state index contributed by atoms with van der Waals surface area (Å²) in [6, 6.07) is 4.02. The molecule has 0 amide bonds. The van der Waals surface area contributed by atoms with Crippen LogP contribution in [0.5, 0.6) is 0 Å². The molecular formula is C8H6BrClN2S. The average Bonchev–Trinajstić information content (AvgIpc) is 2.62. The van der Waals surface area contributed by atoms with Gasteiger partial charge >= 0.3 is 0 Å². The van der Waals surface area contributed by atoms with Crippen molar-refractivity contribution in [2.45, 2.75) is 0 Å². The van der Waals surface area contributed by atoms with Crippen molar-refractivity contribution in [3.05, 3.63) is 27.3 Å². The summed E-state index contributed by atoms with van der Waals surface area (Å²) in [6.07, 6.45) is 1.66. The summed E-state index contributed by atoms with van der Waals surface area (Å²) in [6.45, 7) is 0. The lowest BCUT2D eigenvalue weighted by molar-refractivity contribution is 0.929. The number of rotatable bonds is 1. The van der Waals surface area contributed by atoms with Crippen LogP contribution >= 0.6 is 38.9 Å². The minimum absolute atomic E-state index is 0.652. The van der Waals surface area contributed by atoms with E-state index >= 15 is 0 Å². The van der Waals surface area contributed by atoms with Gasteiger partial charge in [-0.15, -0.1) is 11.3 Å². The Hall–Kier alpha value is -0.320. The standard InChI is InChI=1S/C8H6BrClN2S/c1-12-7(10)4-11-8(12)5-2-3-6(9)13-5/h2-4H,1H3. The lowest BCUT2D eigenvalue weighted by atomic mass is 10.4. The van der Waals surface area contributed by atoms with Gasteiger partial charge < -0.3 is 4.57 Å². The van der Waals surface area contributed by atoms with Crippen LogP contribution in [-0.4, -0.2) is 9.55 Å². The first-order valence-corrected chi connectivity index (χ1v) is 5.60. The summed E-state index contributed by atoms with van der Waals surface area (Å²) < 4.78 is 2.96. The van der Waals surface area contributed by atoms with Gasteiger partial charge in [0.25, 0.3) is 0 Å². The molecule has 0 saturated carbocycles. The number of imidazole rings is 1. The molecule has 2 rings (SSSR count). The molecule has 2 nitrogen and oxygen atoms in total. The summed E-state index contributed by atoms with van der Waals surface area (Å²) in [5.41, 5.74) is 0. The Bertz CT molecular complexity index is 435. The van der Waals surface area contributed by atoms with Gasteiger partial charge in [-0.1, -0.05) is 11.6 Å². The van der Waals surface area contributed by atoms with E-state index in [4.69, 9.17) is 11.6 Å². The van der Waals surface area contributed by atoms with Crippen LogP contribution < -0.4 is 0 Å². The number of hydrogen-bond acceptors (Lipinski definition) is 2. The maximum absolute atomic E-state index is 5.88. The van der Waals surface area contributed by atoms with E-state index in [1.54, 1.807) is 17.5 Å². The van der Waals surface area contributed by atoms with Crippen LogP contribution in [0.4, 0.5) is 0 Å². The van der Waals surface area contributed by atoms with Gasteiger partial charge in [-0.2, -0.15) is 0 Å². The first kappa shape index (κ1) is 9.24. The molecule has 0 unspecified atom stereocenters. The van der Waals surface area contributed by atoms with Crippen LogP contribution in [0.1, 0.15) is 0 Å². The molecule has 0 fully saturated rings. The van der Waals surface area contributed by atoms with Crippen LogP contribution in [0.15, 0.2) is 22.1 Å². The zero-order valence-corrected chi connectivity index (χ0v) is 9.95. The second-order valence-corrected chi connectivity index (χ2v) is 5.42. The van der Waals surface area contributed by atoms with Gasteiger partial charge in [-0.05, 0) is 28.1 Å². The van der Waals surface area contributed by atoms with Crippen LogP contribution in [0.25, 0.3) is 10.7 Å². The number of thiophene rings is 1. The molecule has 0 spiro atoms. The smallest absolute Gasteiger partial charge is 0.150 e. The highest BCUT2D eigenvalue weighted by Crippen LogP contribution is 2.31. The van der Waals surface area contributed by atoms with E-state index in [1.807, 2.05) is 23.7 Å². The van der Waals surface area contributed by atoms with Gasteiger partial charge in [0.2, 0.25) is 0 Å². The lowest BCUT2D eigenvalue weighted by Gasteiger charge is -1.97. The molecular weight excluding hydrogens is 272 g/mol. The summed E-state index contributed by atoms with van der Waals surface area (Å²) in [5, 5.41) is 0.652. The molecule has 0 aliphatic rings. The highest BCUT2D eigenvalue weighted by atomic mass is 79.9. The van der Waals surface area contributed by atoms with Gasteiger partial charge in [0.15, 0.2) is 5.82 Å². The van der Waals surface area contributed by atoms with Crippen molar-refractivity contribution in [3.8, 4) is 10.7 Å². The van der Waals surface area contributed by atoms with Crippen LogP contribution in [-0.2, 0) is 7.05 Å². The number of halogens is 2. The molecule has 13 heavy (non-hydrogen) atoms. The fraction of sp³-hybridized carbons (Fsp3) is 0.125. The van der Waals surface area contributed by atoms with E-state index in [9.17, 15) is 0 Å². The van der Waals surface area contributed by atoms with Crippen LogP contribution in [0.3, 0.4) is 0 Å². The molecule has 0 aromatic carbocycles. The normalized spacial score (nSPS) is 10.7. The predicted octanol–water partition coefficient (Wildman–Crippen LogP) is 3.56. The topological polar surface area (TPSA) is 17.8 Å². The van der Waals surface area contributed by atoms with E-state index in [-0.39, 0.29) is 0 Å². The minimum Gasteiger partial charge on any atom is -0.318 e. The molecule has 2 heterocycles. The molecule has 0 saturated heterocycles. The summed E-state index contributed by atoms with van der Waals surface area (Å²) in [7, 11) is 1.90. The monoisotopic (exact) mass is 276 g/mol. The van der Waals surface area contributed by atoms with Crippen molar-refractivity contribution in [2.75, 3.05) is 0 Å². The third kappa shape index (κ3) is 1.66. The highest BCUT2D eigenvalue weighted by molar-refractivity contribution is 9.11. The maximum Gasteiger partial charge on any atom is 0.150 e. The van der Waals surface area contributed by atoms with Crippen molar-refractivity contribution in [1.82, 2.24) is 9.55 Å². The Morgan fingerprint density at radius 1 is 1.54 bits per heavy atom. The minimum atomic E-state index is 0.652. The molecule has 0 N–H and O–H groups in total. The number of hydrogen-bond donors (Lipinski definition) is 0. The molecule has 0 bridgehead atoms. The molecule has 0 radical (unpaired) electrons. The second-order valence-electron chi connectivity index (χ2n) is 2.57. The van der Waals surface area contributed by atoms with Crippen LogP contribution in [0.2, 0.25) is 5.15 Å². The SMILES string of the molecule is Cn1c(Cl)cnc1-c1ccc(Br)s1. The molecule has 0 aliphatic carbocycles. The van der Waals surface area contributed by atoms with Gasteiger partial charge in [0, 0.05) is 7.05 Å². The Morgan fingerprint density at radius 3 is 2.77 bits per heavy atom. The van der Waals surface area contributed by atoms with Gasteiger partial charge in [0.05, 0.1) is 14.9 Å².